The molecule has 18 heavy (non-hydrogen) atoms. The van der Waals surface area contributed by atoms with Crippen LogP contribution in [0.15, 0.2) is 30.3 Å². The van der Waals surface area contributed by atoms with E-state index in [0.717, 1.165) is 5.75 Å². The third-order valence-electron chi connectivity index (χ3n) is 2.40. The molecule has 0 fully saturated rings. The lowest BCUT2D eigenvalue weighted by molar-refractivity contribution is -0.136. The Morgan fingerprint density at radius 2 is 1.94 bits per heavy atom. The number of rotatable bonds is 7. The van der Waals surface area contributed by atoms with E-state index in [1.54, 1.807) is 0 Å². The highest BCUT2D eigenvalue weighted by Gasteiger charge is 2.21. The van der Waals surface area contributed by atoms with Gasteiger partial charge in [-0.05, 0) is 18.1 Å². The number of para-hydroxylation sites is 1. The molecule has 0 radical (unpaired) electrons. The van der Waals surface area contributed by atoms with Gasteiger partial charge in [-0.25, -0.2) is 5.84 Å². The van der Waals surface area contributed by atoms with Crippen molar-refractivity contribution in [3.05, 3.63) is 30.3 Å². The minimum Gasteiger partial charge on any atom is -0.491 e. The Morgan fingerprint density at radius 1 is 1.28 bits per heavy atom. The largest absolute Gasteiger partial charge is 0.491 e. The van der Waals surface area contributed by atoms with Gasteiger partial charge in [-0.15, -0.1) is 0 Å². The van der Waals surface area contributed by atoms with Gasteiger partial charge >= 0.3 is 0 Å². The number of hydrogen-bond acceptors (Lipinski definition) is 4. The number of nitrogens with one attached hydrogen (secondary N) is 1. The molecule has 0 saturated carbocycles. The summed E-state index contributed by atoms with van der Waals surface area (Å²) in [5, 5.41) is 0. The second-order valence-corrected chi connectivity index (χ2v) is 4.21. The lowest BCUT2D eigenvalue weighted by Gasteiger charge is -2.19. The fourth-order valence-corrected chi connectivity index (χ4v) is 1.50. The second kappa shape index (κ2) is 7.68. The summed E-state index contributed by atoms with van der Waals surface area (Å²) in [7, 11) is 0. The number of ether oxygens (including phenoxy) is 2. The van der Waals surface area contributed by atoms with Gasteiger partial charge in [-0.1, -0.05) is 32.0 Å². The molecule has 0 saturated heterocycles. The van der Waals surface area contributed by atoms with Crippen LogP contribution in [0.5, 0.6) is 5.75 Å². The molecule has 0 bridgehead atoms. The van der Waals surface area contributed by atoms with Crippen molar-refractivity contribution in [3.63, 3.8) is 0 Å². The molecule has 0 aliphatic carbocycles. The summed E-state index contributed by atoms with van der Waals surface area (Å²) in [6, 6.07) is 9.45. The first-order valence-electron chi connectivity index (χ1n) is 5.95. The lowest BCUT2D eigenvalue weighted by atomic mass is 10.1. The highest BCUT2D eigenvalue weighted by molar-refractivity contribution is 5.80. The average Bonchev–Trinajstić information content (AvgIpc) is 2.38. The molecular weight excluding hydrogens is 232 g/mol. The summed E-state index contributed by atoms with van der Waals surface area (Å²) in [6.45, 7) is 4.53. The fraction of sp³-hybridized carbons (Fsp3) is 0.462. The van der Waals surface area contributed by atoms with Crippen LogP contribution in [0, 0.1) is 5.92 Å². The van der Waals surface area contributed by atoms with Crippen molar-refractivity contribution in [1.29, 1.82) is 0 Å². The lowest BCUT2D eigenvalue weighted by Crippen LogP contribution is -2.43. The van der Waals surface area contributed by atoms with Crippen molar-refractivity contribution < 1.29 is 14.3 Å². The van der Waals surface area contributed by atoms with Crippen molar-refractivity contribution in [2.75, 3.05) is 13.2 Å². The molecule has 1 unspecified atom stereocenters. The van der Waals surface area contributed by atoms with E-state index in [0.29, 0.717) is 13.2 Å². The highest BCUT2D eigenvalue weighted by Crippen LogP contribution is 2.09. The summed E-state index contributed by atoms with van der Waals surface area (Å²) in [6.07, 6.45) is -0.547. The Balaban J connectivity index is 2.29. The summed E-state index contributed by atoms with van der Waals surface area (Å²) >= 11 is 0. The van der Waals surface area contributed by atoms with Gasteiger partial charge < -0.3 is 9.47 Å². The number of hydrazine groups is 1. The van der Waals surface area contributed by atoms with Crippen molar-refractivity contribution in [2.24, 2.45) is 11.8 Å². The monoisotopic (exact) mass is 252 g/mol. The summed E-state index contributed by atoms with van der Waals surface area (Å²) in [4.78, 5) is 11.4. The third-order valence-corrected chi connectivity index (χ3v) is 2.40. The van der Waals surface area contributed by atoms with Crippen molar-refractivity contribution >= 4 is 5.91 Å². The van der Waals surface area contributed by atoms with E-state index in [9.17, 15) is 4.79 Å². The predicted octanol–water partition coefficient (Wildman–Crippen LogP) is 1.10. The molecule has 5 heteroatoms. The SMILES string of the molecule is CC(C)C(OCCOc1ccccc1)C(=O)NN. The number of carbonyl (C=O) groups excluding carboxylic acids is 1. The van der Waals surface area contributed by atoms with Crippen molar-refractivity contribution in [3.8, 4) is 5.75 Å². The van der Waals surface area contributed by atoms with Crippen LogP contribution in [0.4, 0.5) is 0 Å². The van der Waals surface area contributed by atoms with E-state index in [1.165, 1.54) is 0 Å². The molecule has 100 valence electrons. The summed E-state index contributed by atoms with van der Waals surface area (Å²) in [5.41, 5.74) is 2.10. The smallest absolute Gasteiger partial charge is 0.263 e. The van der Waals surface area contributed by atoms with Gasteiger partial charge in [0.2, 0.25) is 0 Å². The minimum absolute atomic E-state index is 0.0604. The van der Waals surface area contributed by atoms with Gasteiger partial charge in [0.05, 0.1) is 6.61 Å². The number of benzene rings is 1. The molecule has 0 heterocycles. The maximum atomic E-state index is 11.4. The van der Waals surface area contributed by atoms with Crippen molar-refractivity contribution in [2.45, 2.75) is 20.0 Å². The maximum Gasteiger partial charge on any atom is 0.263 e. The molecule has 0 spiro atoms. The number of amides is 1. The standard InChI is InChI=1S/C13H20N2O3/c1-10(2)12(13(16)15-14)18-9-8-17-11-6-4-3-5-7-11/h3-7,10,12H,8-9,14H2,1-2H3,(H,15,16). The Bertz CT molecular complexity index is 355. The average molecular weight is 252 g/mol. The zero-order valence-corrected chi connectivity index (χ0v) is 10.8. The van der Waals surface area contributed by atoms with E-state index >= 15 is 0 Å². The Hall–Kier alpha value is -1.59. The van der Waals surface area contributed by atoms with Crippen LogP contribution in [-0.2, 0) is 9.53 Å². The molecule has 0 aromatic heterocycles. The van der Waals surface area contributed by atoms with Gasteiger partial charge in [0.1, 0.15) is 18.5 Å². The minimum atomic E-state index is -0.547. The van der Waals surface area contributed by atoms with Gasteiger partial charge in [-0.3, -0.25) is 10.2 Å². The first-order chi connectivity index (χ1) is 8.65. The number of nitrogens with two attached hydrogens (primary N) is 1. The van der Waals surface area contributed by atoms with Crippen LogP contribution in [0.1, 0.15) is 13.8 Å². The molecule has 5 nitrogen and oxygen atoms in total. The van der Waals surface area contributed by atoms with Gasteiger partial charge in [0.15, 0.2) is 0 Å². The summed E-state index contributed by atoms with van der Waals surface area (Å²) in [5.74, 6) is 5.62. The van der Waals surface area contributed by atoms with E-state index < -0.39 is 6.10 Å². The van der Waals surface area contributed by atoms with Crippen LogP contribution < -0.4 is 16.0 Å². The van der Waals surface area contributed by atoms with Crippen LogP contribution in [-0.4, -0.2) is 25.2 Å². The molecule has 1 atom stereocenters. The molecule has 1 rings (SSSR count). The number of hydrogen-bond donors (Lipinski definition) is 2. The van der Waals surface area contributed by atoms with E-state index in [2.05, 4.69) is 5.43 Å². The Morgan fingerprint density at radius 3 is 2.50 bits per heavy atom. The van der Waals surface area contributed by atoms with Crippen LogP contribution >= 0.6 is 0 Å². The van der Waals surface area contributed by atoms with Gasteiger partial charge in [0.25, 0.3) is 5.91 Å². The zero-order chi connectivity index (χ0) is 13.4. The van der Waals surface area contributed by atoms with Crippen LogP contribution in [0.2, 0.25) is 0 Å². The Kier molecular flexibility index (Phi) is 6.18. The van der Waals surface area contributed by atoms with Crippen molar-refractivity contribution in [1.82, 2.24) is 5.43 Å². The predicted molar refractivity (Wildman–Crippen MR) is 68.8 cm³/mol. The van der Waals surface area contributed by atoms with Gasteiger partial charge in [-0.2, -0.15) is 0 Å². The molecule has 3 N–H and O–H groups in total. The first kappa shape index (κ1) is 14.5. The fourth-order valence-electron chi connectivity index (χ4n) is 1.50. The molecule has 0 aliphatic heterocycles. The summed E-state index contributed by atoms with van der Waals surface area (Å²) < 4.78 is 10.9. The molecule has 1 aromatic rings. The molecule has 1 aromatic carbocycles. The van der Waals surface area contributed by atoms with E-state index in [-0.39, 0.29) is 11.8 Å². The normalized spacial score (nSPS) is 12.2. The number of carbonyl (C=O) groups is 1. The quantitative estimate of drug-likeness (QED) is 0.330. The van der Waals surface area contributed by atoms with Crippen LogP contribution in [0.25, 0.3) is 0 Å². The molecular formula is C13H20N2O3. The van der Waals surface area contributed by atoms with Crippen LogP contribution in [0.3, 0.4) is 0 Å². The van der Waals surface area contributed by atoms with E-state index in [4.69, 9.17) is 15.3 Å². The Labute approximate surface area is 107 Å². The first-order valence-corrected chi connectivity index (χ1v) is 5.95. The van der Waals surface area contributed by atoms with E-state index in [1.807, 2.05) is 44.2 Å². The van der Waals surface area contributed by atoms with Gasteiger partial charge in [0, 0.05) is 0 Å². The third kappa shape index (κ3) is 4.73. The maximum absolute atomic E-state index is 11.4. The topological polar surface area (TPSA) is 73.6 Å². The zero-order valence-electron chi connectivity index (χ0n) is 10.8. The highest BCUT2D eigenvalue weighted by atomic mass is 16.5. The second-order valence-electron chi connectivity index (χ2n) is 4.21. The molecule has 0 aliphatic rings. The molecule has 1 amide bonds.